The van der Waals surface area contributed by atoms with Crippen LogP contribution >= 0.6 is 0 Å². The van der Waals surface area contributed by atoms with E-state index in [1.807, 2.05) is 24.3 Å². The summed E-state index contributed by atoms with van der Waals surface area (Å²) < 4.78 is 10.6. The first-order valence-electron chi connectivity index (χ1n) is 6.81. The molecule has 1 N–H and O–H groups in total. The van der Waals surface area contributed by atoms with Crippen molar-refractivity contribution in [1.29, 1.82) is 0 Å². The minimum atomic E-state index is 0.726. The molecular weight excluding hydrogens is 250 g/mol. The van der Waals surface area contributed by atoms with E-state index in [0.29, 0.717) is 0 Å². The molecule has 3 heteroatoms. The molecule has 0 fully saturated rings. The van der Waals surface area contributed by atoms with Crippen molar-refractivity contribution >= 4 is 5.69 Å². The van der Waals surface area contributed by atoms with Gasteiger partial charge >= 0.3 is 0 Å². The van der Waals surface area contributed by atoms with Gasteiger partial charge in [-0.25, -0.2) is 0 Å². The van der Waals surface area contributed by atoms with E-state index in [2.05, 4.69) is 30.4 Å². The molecule has 0 aliphatic rings. The quantitative estimate of drug-likeness (QED) is 0.865. The lowest BCUT2D eigenvalue weighted by atomic mass is 10.1. The molecule has 0 aliphatic carbocycles. The van der Waals surface area contributed by atoms with Gasteiger partial charge in [0.05, 0.1) is 14.2 Å². The predicted octanol–water partition coefficient (Wildman–Crippen LogP) is 3.88. The topological polar surface area (TPSA) is 30.5 Å². The summed E-state index contributed by atoms with van der Waals surface area (Å²) in [5.41, 5.74) is 3.60. The van der Waals surface area contributed by atoms with Crippen LogP contribution in [0.3, 0.4) is 0 Å². The van der Waals surface area contributed by atoms with Gasteiger partial charge in [0, 0.05) is 23.9 Å². The lowest BCUT2D eigenvalue weighted by Gasteiger charge is -2.14. The monoisotopic (exact) mass is 271 g/mol. The molecular formula is C17H21NO2. The highest BCUT2D eigenvalue weighted by atomic mass is 16.5. The molecule has 0 saturated carbocycles. The summed E-state index contributed by atoms with van der Waals surface area (Å²) in [6.45, 7) is 2.89. The van der Waals surface area contributed by atoms with Gasteiger partial charge in [-0.3, -0.25) is 0 Å². The largest absolute Gasteiger partial charge is 0.497 e. The van der Waals surface area contributed by atoms with Gasteiger partial charge in [0.15, 0.2) is 0 Å². The summed E-state index contributed by atoms with van der Waals surface area (Å²) in [6, 6.07) is 14.3. The second-order valence-electron chi connectivity index (χ2n) is 4.54. The summed E-state index contributed by atoms with van der Waals surface area (Å²) in [4.78, 5) is 0. The van der Waals surface area contributed by atoms with Crippen LogP contribution in [0.15, 0.2) is 42.5 Å². The molecule has 0 spiro atoms. The number of rotatable bonds is 6. The average molecular weight is 271 g/mol. The van der Waals surface area contributed by atoms with Gasteiger partial charge in [-0.15, -0.1) is 0 Å². The molecule has 2 aromatic carbocycles. The molecule has 0 aromatic heterocycles. The van der Waals surface area contributed by atoms with Crippen molar-refractivity contribution in [3.8, 4) is 11.5 Å². The standard InChI is InChI=1S/C17H21NO2/c1-4-13-7-5-6-8-16(13)18-12-14-9-10-15(19-2)11-17(14)20-3/h5-11,18H,4,12H2,1-3H3. The molecule has 0 bridgehead atoms. The molecule has 0 radical (unpaired) electrons. The van der Waals surface area contributed by atoms with Gasteiger partial charge in [0.2, 0.25) is 0 Å². The Kier molecular flexibility index (Phi) is 4.88. The number of anilines is 1. The second kappa shape index (κ2) is 6.85. The van der Waals surface area contributed by atoms with Crippen LogP contribution in [0.1, 0.15) is 18.1 Å². The predicted molar refractivity (Wildman–Crippen MR) is 82.7 cm³/mol. The van der Waals surface area contributed by atoms with E-state index in [9.17, 15) is 0 Å². The summed E-state index contributed by atoms with van der Waals surface area (Å²) in [6.07, 6.45) is 1.02. The highest BCUT2D eigenvalue weighted by molar-refractivity contribution is 5.52. The maximum atomic E-state index is 5.41. The summed E-state index contributed by atoms with van der Waals surface area (Å²) >= 11 is 0. The van der Waals surface area contributed by atoms with Crippen molar-refractivity contribution in [1.82, 2.24) is 0 Å². The zero-order valence-corrected chi connectivity index (χ0v) is 12.3. The molecule has 0 amide bonds. The molecule has 2 aromatic rings. The van der Waals surface area contributed by atoms with Crippen molar-refractivity contribution in [3.05, 3.63) is 53.6 Å². The Morgan fingerprint density at radius 2 is 1.75 bits per heavy atom. The number of hydrogen-bond acceptors (Lipinski definition) is 3. The van der Waals surface area contributed by atoms with Crippen molar-refractivity contribution in [2.24, 2.45) is 0 Å². The van der Waals surface area contributed by atoms with Gasteiger partial charge in [-0.1, -0.05) is 25.1 Å². The number of hydrogen-bond donors (Lipinski definition) is 1. The van der Waals surface area contributed by atoms with Crippen LogP contribution in [0.2, 0.25) is 0 Å². The molecule has 0 atom stereocenters. The van der Waals surface area contributed by atoms with Crippen LogP contribution in [0.4, 0.5) is 5.69 Å². The molecule has 0 saturated heterocycles. The Labute approximate surface area is 120 Å². The third kappa shape index (κ3) is 3.23. The fraction of sp³-hybridized carbons (Fsp3) is 0.294. The number of para-hydroxylation sites is 1. The minimum absolute atomic E-state index is 0.726. The lowest BCUT2D eigenvalue weighted by molar-refractivity contribution is 0.391. The highest BCUT2D eigenvalue weighted by Gasteiger charge is 2.06. The van der Waals surface area contributed by atoms with E-state index in [-0.39, 0.29) is 0 Å². The zero-order chi connectivity index (χ0) is 14.4. The first kappa shape index (κ1) is 14.3. The number of aryl methyl sites for hydroxylation is 1. The summed E-state index contributed by atoms with van der Waals surface area (Å²) in [5.74, 6) is 1.64. The maximum Gasteiger partial charge on any atom is 0.127 e. The van der Waals surface area contributed by atoms with E-state index >= 15 is 0 Å². The number of methoxy groups -OCH3 is 2. The first-order valence-corrected chi connectivity index (χ1v) is 6.81. The third-order valence-corrected chi connectivity index (χ3v) is 3.36. The Morgan fingerprint density at radius 1 is 0.950 bits per heavy atom. The van der Waals surface area contributed by atoms with E-state index in [1.165, 1.54) is 11.3 Å². The Hall–Kier alpha value is -2.16. The highest BCUT2D eigenvalue weighted by Crippen LogP contribution is 2.26. The summed E-state index contributed by atoms with van der Waals surface area (Å²) in [5, 5.41) is 3.47. The van der Waals surface area contributed by atoms with Gasteiger partial charge in [0.1, 0.15) is 11.5 Å². The minimum Gasteiger partial charge on any atom is -0.497 e. The Morgan fingerprint density at radius 3 is 2.45 bits per heavy atom. The van der Waals surface area contributed by atoms with E-state index in [4.69, 9.17) is 9.47 Å². The molecule has 2 rings (SSSR count). The Bertz CT molecular complexity index is 567. The normalized spacial score (nSPS) is 10.2. The average Bonchev–Trinajstić information content (AvgIpc) is 2.52. The smallest absolute Gasteiger partial charge is 0.127 e. The van der Waals surface area contributed by atoms with Crippen molar-refractivity contribution in [2.75, 3.05) is 19.5 Å². The molecule has 0 aliphatic heterocycles. The molecule has 20 heavy (non-hydrogen) atoms. The van der Waals surface area contributed by atoms with Gasteiger partial charge in [-0.05, 0) is 30.2 Å². The molecule has 0 unspecified atom stereocenters. The second-order valence-corrected chi connectivity index (χ2v) is 4.54. The SMILES string of the molecule is CCc1ccccc1NCc1ccc(OC)cc1OC. The van der Waals surface area contributed by atoms with E-state index < -0.39 is 0 Å². The van der Waals surface area contributed by atoms with Crippen LogP contribution in [-0.2, 0) is 13.0 Å². The molecule has 106 valence electrons. The van der Waals surface area contributed by atoms with E-state index in [0.717, 1.165) is 30.0 Å². The number of nitrogens with one attached hydrogen (secondary N) is 1. The van der Waals surface area contributed by atoms with Crippen LogP contribution in [0.25, 0.3) is 0 Å². The third-order valence-electron chi connectivity index (χ3n) is 3.36. The lowest BCUT2D eigenvalue weighted by Crippen LogP contribution is -2.04. The van der Waals surface area contributed by atoms with Gasteiger partial charge in [0.25, 0.3) is 0 Å². The van der Waals surface area contributed by atoms with Crippen LogP contribution < -0.4 is 14.8 Å². The van der Waals surface area contributed by atoms with Gasteiger partial charge < -0.3 is 14.8 Å². The van der Waals surface area contributed by atoms with Gasteiger partial charge in [-0.2, -0.15) is 0 Å². The van der Waals surface area contributed by atoms with Crippen molar-refractivity contribution in [3.63, 3.8) is 0 Å². The zero-order valence-electron chi connectivity index (χ0n) is 12.3. The van der Waals surface area contributed by atoms with E-state index in [1.54, 1.807) is 14.2 Å². The van der Waals surface area contributed by atoms with Crippen molar-refractivity contribution < 1.29 is 9.47 Å². The first-order chi connectivity index (χ1) is 9.78. The maximum absolute atomic E-state index is 5.41. The molecule has 0 heterocycles. The molecule has 3 nitrogen and oxygen atoms in total. The Balaban J connectivity index is 2.14. The fourth-order valence-electron chi connectivity index (χ4n) is 2.19. The number of benzene rings is 2. The van der Waals surface area contributed by atoms with Crippen LogP contribution in [0.5, 0.6) is 11.5 Å². The summed E-state index contributed by atoms with van der Waals surface area (Å²) in [7, 11) is 3.34. The van der Waals surface area contributed by atoms with Crippen LogP contribution in [0, 0.1) is 0 Å². The fourth-order valence-corrected chi connectivity index (χ4v) is 2.19. The number of ether oxygens (including phenoxy) is 2. The van der Waals surface area contributed by atoms with Crippen LogP contribution in [-0.4, -0.2) is 14.2 Å². The van der Waals surface area contributed by atoms with Crippen molar-refractivity contribution in [2.45, 2.75) is 19.9 Å².